The summed E-state index contributed by atoms with van der Waals surface area (Å²) < 4.78 is 29.6. The van der Waals surface area contributed by atoms with Crippen LogP contribution >= 0.6 is 0 Å². The Kier molecular flexibility index (Phi) is 9.17. The molecule has 1 aliphatic carbocycles. The van der Waals surface area contributed by atoms with Crippen LogP contribution in [-0.2, 0) is 31.4 Å². The molecule has 0 bridgehead atoms. The Hall–Kier alpha value is -2.71. The van der Waals surface area contributed by atoms with Crippen LogP contribution in [0.4, 0.5) is 0 Å². The van der Waals surface area contributed by atoms with Gasteiger partial charge in [0.1, 0.15) is 6.04 Å². The highest BCUT2D eigenvalue weighted by Crippen LogP contribution is 2.27. The van der Waals surface area contributed by atoms with E-state index in [4.69, 9.17) is 0 Å². The van der Waals surface area contributed by atoms with Gasteiger partial charge in [-0.15, -0.1) is 0 Å². The van der Waals surface area contributed by atoms with E-state index < -0.39 is 16.1 Å². The monoisotopic (exact) mass is 553 g/mol. The van der Waals surface area contributed by atoms with Crippen LogP contribution in [0.1, 0.15) is 70.9 Å². The van der Waals surface area contributed by atoms with Gasteiger partial charge in [0, 0.05) is 31.6 Å². The van der Waals surface area contributed by atoms with Crippen LogP contribution in [-0.4, -0.2) is 61.7 Å². The number of sulfonamides is 1. The van der Waals surface area contributed by atoms with Crippen molar-refractivity contribution < 1.29 is 18.0 Å². The summed E-state index contributed by atoms with van der Waals surface area (Å²) in [6.07, 6.45) is 5.54. The van der Waals surface area contributed by atoms with Gasteiger partial charge >= 0.3 is 0 Å². The first kappa shape index (κ1) is 29.3. The Morgan fingerprint density at radius 2 is 1.59 bits per heavy atom. The molecule has 1 heterocycles. The summed E-state index contributed by atoms with van der Waals surface area (Å²) in [4.78, 5) is 30.8. The predicted molar refractivity (Wildman–Crippen MR) is 154 cm³/mol. The molecule has 7 nitrogen and oxygen atoms in total. The van der Waals surface area contributed by atoms with Gasteiger partial charge in [-0.2, -0.15) is 4.72 Å². The van der Waals surface area contributed by atoms with Gasteiger partial charge in [0.2, 0.25) is 21.8 Å². The fraction of sp³-hybridized carbons (Fsp3) is 0.548. The Morgan fingerprint density at radius 1 is 0.949 bits per heavy atom. The number of amides is 2. The quantitative estimate of drug-likeness (QED) is 0.547. The van der Waals surface area contributed by atoms with Gasteiger partial charge in [0.05, 0.1) is 4.90 Å². The summed E-state index contributed by atoms with van der Waals surface area (Å²) in [5.41, 5.74) is 1.81. The molecule has 4 rings (SSSR count). The molecular weight excluding hydrogens is 510 g/mol. The normalized spacial score (nSPS) is 20.1. The van der Waals surface area contributed by atoms with E-state index in [9.17, 15) is 18.0 Å². The fourth-order valence-electron chi connectivity index (χ4n) is 5.71. The summed E-state index contributed by atoms with van der Waals surface area (Å²) in [6, 6.07) is 15.2. The molecule has 2 aromatic rings. The maximum Gasteiger partial charge on any atom is 0.241 e. The highest BCUT2D eigenvalue weighted by molar-refractivity contribution is 7.89. The van der Waals surface area contributed by atoms with E-state index in [0.29, 0.717) is 19.6 Å². The molecule has 1 aliphatic heterocycles. The number of nitrogens with one attached hydrogen (secondary N) is 1. The van der Waals surface area contributed by atoms with Gasteiger partial charge in [-0.3, -0.25) is 9.59 Å². The lowest BCUT2D eigenvalue weighted by Crippen LogP contribution is -2.60. The lowest BCUT2D eigenvalue weighted by Gasteiger charge is -2.42. The first-order valence-electron chi connectivity index (χ1n) is 14.2. The molecule has 0 aromatic heterocycles. The van der Waals surface area contributed by atoms with Gasteiger partial charge in [0.25, 0.3) is 0 Å². The lowest BCUT2D eigenvalue weighted by atomic mass is 9.87. The third-order valence-electron chi connectivity index (χ3n) is 8.09. The van der Waals surface area contributed by atoms with Crippen LogP contribution in [0.3, 0.4) is 0 Å². The number of carbonyl (C=O) groups excluding carboxylic acids is 2. The molecule has 2 unspecified atom stereocenters. The number of piperazine rings is 1. The Labute approximate surface area is 234 Å². The summed E-state index contributed by atoms with van der Waals surface area (Å²) >= 11 is 0. The molecule has 1 saturated carbocycles. The number of nitrogens with zero attached hydrogens (tertiary/aromatic N) is 2. The van der Waals surface area contributed by atoms with Crippen LogP contribution in [0.5, 0.6) is 0 Å². The number of rotatable bonds is 7. The number of carbonyl (C=O) groups is 2. The molecule has 2 aliphatic rings. The summed E-state index contributed by atoms with van der Waals surface area (Å²) in [5, 5.41) is 0. The van der Waals surface area contributed by atoms with Crippen LogP contribution < -0.4 is 4.72 Å². The molecule has 1 saturated heterocycles. The van der Waals surface area contributed by atoms with Crippen LogP contribution in [0.25, 0.3) is 0 Å². The molecule has 2 aromatic carbocycles. The van der Waals surface area contributed by atoms with Gasteiger partial charge in [-0.25, -0.2) is 8.42 Å². The van der Waals surface area contributed by atoms with Crippen molar-refractivity contribution >= 4 is 21.8 Å². The molecule has 0 radical (unpaired) electrons. The zero-order valence-electron chi connectivity index (χ0n) is 23.7. The average molecular weight is 554 g/mol. The van der Waals surface area contributed by atoms with Crippen molar-refractivity contribution in [2.75, 3.05) is 19.6 Å². The zero-order valence-corrected chi connectivity index (χ0v) is 24.5. The lowest BCUT2D eigenvalue weighted by molar-refractivity contribution is -0.146. The second kappa shape index (κ2) is 12.2. The Bertz CT molecular complexity index is 1230. The SMILES string of the molecule is CC1CN(C(=O)C(Cc2ccccc2)NS(=O)(=O)c2ccc(C(C)(C)C)cc2)CCN1C(=O)C1CCCCC1. The van der Waals surface area contributed by atoms with Crippen molar-refractivity contribution in [2.24, 2.45) is 5.92 Å². The number of hydrogen-bond donors (Lipinski definition) is 1. The largest absolute Gasteiger partial charge is 0.337 e. The molecule has 2 amide bonds. The van der Waals surface area contributed by atoms with E-state index in [0.717, 1.165) is 36.8 Å². The van der Waals surface area contributed by atoms with Crippen molar-refractivity contribution in [3.8, 4) is 0 Å². The van der Waals surface area contributed by atoms with Crippen LogP contribution in [0.2, 0.25) is 0 Å². The van der Waals surface area contributed by atoms with Gasteiger partial charge in [-0.05, 0) is 54.9 Å². The second-order valence-corrected chi connectivity index (χ2v) is 13.9. The average Bonchev–Trinajstić information content (AvgIpc) is 2.92. The molecule has 39 heavy (non-hydrogen) atoms. The first-order chi connectivity index (χ1) is 18.5. The van der Waals surface area contributed by atoms with Crippen LogP contribution in [0, 0.1) is 5.92 Å². The topological polar surface area (TPSA) is 86.8 Å². The molecule has 0 spiro atoms. The first-order valence-corrected chi connectivity index (χ1v) is 15.7. The second-order valence-electron chi connectivity index (χ2n) is 12.1. The van der Waals surface area contributed by atoms with E-state index >= 15 is 0 Å². The van der Waals surface area contributed by atoms with Crippen molar-refractivity contribution in [2.45, 2.75) is 88.6 Å². The molecule has 8 heteroatoms. The van der Waals surface area contributed by atoms with Crippen molar-refractivity contribution in [3.05, 3.63) is 65.7 Å². The Morgan fingerprint density at radius 3 is 2.18 bits per heavy atom. The van der Waals surface area contributed by atoms with Crippen molar-refractivity contribution in [3.63, 3.8) is 0 Å². The third-order valence-corrected chi connectivity index (χ3v) is 9.57. The number of hydrogen-bond acceptors (Lipinski definition) is 4. The highest BCUT2D eigenvalue weighted by atomic mass is 32.2. The van der Waals surface area contributed by atoms with Gasteiger partial charge in [-0.1, -0.05) is 82.5 Å². The fourth-order valence-corrected chi connectivity index (χ4v) is 6.90. The minimum absolute atomic E-state index is 0.0887. The van der Waals surface area contributed by atoms with E-state index in [1.165, 1.54) is 6.42 Å². The molecule has 2 atom stereocenters. The van der Waals surface area contributed by atoms with E-state index in [1.807, 2.05) is 54.3 Å². The zero-order chi connectivity index (χ0) is 28.2. The van der Waals surface area contributed by atoms with Crippen molar-refractivity contribution in [1.29, 1.82) is 0 Å². The van der Waals surface area contributed by atoms with Gasteiger partial charge < -0.3 is 9.80 Å². The van der Waals surface area contributed by atoms with Crippen LogP contribution in [0.15, 0.2) is 59.5 Å². The smallest absolute Gasteiger partial charge is 0.241 e. The minimum Gasteiger partial charge on any atom is -0.337 e. The van der Waals surface area contributed by atoms with Crippen molar-refractivity contribution in [1.82, 2.24) is 14.5 Å². The van der Waals surface area contributed by atoms with E-state index in [1.54, 1.807) is 17.0 Å². The standard InChI is InChI=1S/C31H43N3O4S/c1-23-22-33(19-20-34(23)29(35)25-13-9-6-10-14-25)30(36)28(21-24-11-7-5-8-12-24)32-39(37,38)27-17-15-26(16-18-27)31(2,3)4/h5,7-8,11-12,15-18,23,25,28,32H,6,9-10,13-14,19-22H2,1-4H3. The van der Waals surface area contributed by atoms with E-state index in [-0.39, 0.29) is 40.5 Å². The maximum atomic E-state index is 13.8. The number of benzene rings is 2. The molecule has 1 N–H and O–H groups in total. The minimum atomic E-state index is -3.94. The molecular formula is C31H43N3O4S. The Balaban J connectivity index is 1.50. The highest BCUT2D eigenvalue weighted by Gasteiger charge is 2.36. The summed E-state index contributed by atoms with van der Waals surface area (Å²) in [7, 11) is -3.94. The summed E-state index contributed by atoms with van der Waals surface area (Å²) in [5.74, 6) is 0.0330. The van der Waals surface area contributed by atoms with E-state index in [2.05, 4.69) is 25.5 Å². The molecule has 212 valence electrons. The maximum absolute atomic E-state index is 13.8. The molecule has 2 fully saturated rings. The van der Waals surface area contributed by atoms with Gasteiger partial charge in [0.15, 0.2) is 0 Å². The summed E-state index contributed by atoms with van der Waals surface area (Å²) in [6.45, 7) is 9.47. The predicted octanol–water partition coefficient (Wildman–Crippen LogP) is 4.51. The third kappa shape index (κ3) is 7.28.